The van der Waals surface area contributed by atoms with Gasteiger partial charge < -0.3 is 21.9 Å². The molecular weight excluding hydrogens is 256 g/mol. The molecule has 0 aromatic carbocycles. The summed E-state index contributed by atoms with van der Waals surface area (Å²) in [6.07, 6.45) is 0. The van der Waals surface area contributed by atoms with Gasteiger partial charge in [-0.15, -0.1) is 20.8 Å². The number of thiophene rings is 1. The van der Waals surface area contributed by atoms with Crippen LogP contribution in [0.1, 0.15) is 4.88 Å². The first-order valence-electron chi connectivity index (χ1n) is 4.91. The third-order valence-electron chi connectivity index (χ3n) is 2.31. The second-order valence-corrected chi connectivity index (χ2v) is 4.49. The molecular formula is C9H12N6O2S. The van der Waals surface area contributed by atoms with Crippen LogP contribution < -0.4 is 22.4 Å². The molecule has 2 aromatic heterocycles. The Kier molecular flexibility index (Phi) is 2.98. The lowest BCUT2D eigenvalue weighted by atomic mass is 10.5. The number of hydrogen-bond acceptors (Lipinski definition) is 7. The summed E-state index contributed by atoms with van der Waals surface area (Å²) in [4.78, 5) is 4.98. The molecule has 0 aliphatic carbocycles. The van der Waals surface area contributed by atoms with Gasteiger partial charge in [0, 0.05) is 4.88 Å². The van der Waals surface area contributed by atoms with Gasteiger partial charge in [-0.2, -0.15) is 0 Å². The highest BCUT2D eigenvalue weighted by Crippen LogP contribution is 2.09. The van der Waals surface area contributed by atoms with Gasteiger partial charge in [-0.25, -0.2) is 0 Å². The number of hydrogen-bond donors (Lipinski definition) is 5. The van der Waals surface area contributed by atoms with Gasteiger partial charge in [0.05, 0.1) is 6.54 Å². The minimum atomic E-state index is -0.444. The van der Waals surface area contributed by atoms with Crippen molar-refractivity contribution in [2.45, 2.75) is 6.54 Å². The second-order valence-electron chi connectivity index (χ2n) is 3.46. The maximum absolute atomic E-state index is 9.69. The van der Waals surface area contributed by atoms with E-state index in [9.17, 15) is 10.4 Å². The quantitative estimate of drug-likeness (QED) is 0.471. The van der Waals surface area contributed by atoms with E-state index in [-0.39, 0.29) is 23.7 Å². The van der Waals surface area contributed by atoms with Crippen LogP contribution in [-0.2, 0) is 6.54 Å². The van der Waals surface area contributed by atoms with Gasteiger partial charge >= 0.3 is 0 Å². The van der Waals surface area contributed by atoms with Gasteiger partial charge in [0.2, 0.25) is 11.0 Å². The lowest BCUT2D eigenvalue weighted by molar-refractivity contribution is 0.141. The van der Waals surface area contributed by atoms with Crippen LogP contribution in [-0.4, -0.2) is 19.9 Å². The Bertz CT molecular complexity index is 684. The van der Waals surface area contributed by atoms with Gasteiger partial charge in [0.1, 0.15) is 0 Å². The Hall–Kier alpha value is -2.42. The maximum atomic E-state index is 9.69. The Balaban J connectivity index is 2.58. The summed E-state index contributed by atoms with van der Waals surface area (Å²) in [5, 5.41) is 28.7. The van der Waals surface area contributed by atoms with Crippen LogP contribution in [0.15, 0.2) is 22.5 Å². The van der Waals surface area contributed by atoms with Gasteiger partial charge in [-0.3, -0.25) is 10.4 Å². The first-order valence-corrected chi connectivity index (χ1v) is 5.79. The van der Waals surface area contributed by atoms with Gasteiger partial charge in [-0.05, 0) is 11.4 Å². The zero-order valence-electron chi connectivity index (χ0n) is 9.24. The van der Waals surface area contributed by atoms with Crippen molar-refractivity contribution >= 4 is 23.0 Å². The summed E-state index contributed by atoms with van der Waals surface area (Å²) < 4.78 is 0.854. The Morgan fingerprint density at radius 1 is 1.28 bits per heavy atom. The molecule has 0 radical (unpaired) electrons. The van der Waals surface area contributed by atoms with E-state index in [1.165, 1.54) is 11.3 Å². The van der Waals surface area contributed by atoms with Crippen molar-refractivity contribution in [3.63, 3.8) is 0 Å². The topological polar surface area (TPSA) is 139 Å². The molecule has 7 N–H and O–H groups in total. The molecule has 18 heavy (non-hydrogen) atoms. The van der Waals surface area contributed by atoms with Gasteiger partial charge in [-0.1, -0.05) is 6.07 Å². The average molecular weight is 268 g/mol. The Morgan fingerprint density at radius 3 is 2.56 bits per heavy atom. The summed E-state index contributed by atoms with van der Waals surface area (Å²) >= 11 is 1.49. The molecule has 2 aromatic rings. The number of anilines is 2. The van der Waals surface area contributed by atoms with E-state index >= 15 is 0 Å². The molecule has 0 spiro atoms. The van der Waals surface area contributed by atoms with E-state index in [0.29, 0.717) is 9.46 Å². The predicted octanol–water partition coefficient (Wildman–Crippen LogP) is -0.430. The monoisotopic (exact) mass is 268 g/mol. The maximum Gasteiger partial charge on any atom is 0.212 e. The van der Waals surface area contributed by atoms with E-state index in [1.807, 2.05) is 17.5 Å². The molecule has 0 atom stereocenters. The molecule has 0 bridgehead atoms. The number of aromatic nitrogens is 2. The van der Waals surface area contributed by atoms with E-state index in [4.69, 9.17) is 16.9 Å². The highest BCUT2D eigenvalue weighted by molar-refractivity contribution is 7.09. The average Bonchev–Trinajstić information content (AvgIpc) is 2.87. The number of nitrogens with zero attached hydrogens (tertiary/aromatic N) is 3. The van der Waals surface area contributed by atoms with Crippen molar-refractivity contribution in [1.82, 2.24) is 9.46 Å². The Morgan fingerprint density at radius 2 is 1.94 bits per heavy atom. The predicted molar refractivity (Wildman–Crippen MR) is 65.1 cm³/mol. The summed E-state index contributed by atoms with van der Waals surface area (Å²) in [5.41, 5.74) is 10.2. The molecule has 96 valence electrons. The fourth-order valence-electron chi connectivity index (χ4n) is 1.34. The fraction of sp³-hybridized carbons (Fsp3) is 0.111. The molecule has 0 fully saturated rings. The molecule has 2 rings (SSSR count). The van der Waals surface area contributed by atoms with Crippen LogP contribution >= 0.6 is 11.3 Å². The minimum Gasteiger partial charge on any atom is -0.425 e. The molecule has 0 saturated carbocycles. The number of rotatable bonds is 2. The molecule has 0 saturated heterocycles. The van der Waals surface area contributed by atoms with Crippen LogP contribution in [0.5, 0.6) is 0 Å². The first kappa shape index (κ1) is 12.0. The second kappa shape index (κ2) is 4.45. The summed E-state index contributed by atoms with van der Waals surface area (Å²) in [6, 6.07) is 3.74. The fourth-order valence-corrected chi connectivity index (χ4v) is 1.97. The summed E-state index contributed by atoms with van der Waals surface area (Å²) in [6.45, 7) is 0.271. The van der Waals surface area contributed by atoms with Crippen molar-refractivity contribution in [2.75, 3.05) is 11.5 Å². The molecule has 0 amide bonds. The summed E-state index contributed by atoms with van der Waals surface area (Å²) in [5.74, 6) is -0.601. The number of nitrogen functional groups attached to an aromatic ring is 2. The van der Waals surface area contributed by atoms with E-state index in [0.717, 1.165) is 4.88 Å². The normalized spacial score (nSPS) is 11.9. The minimum absolute atomic E-state index is 0.169. The lowest BCUT2D eigenvalue weighted by Crippen LogP contribution is -2.43. The van der Waals surface area contributed by atoms with Gasteiger partial charge in [0.25, 0.3) is 0 Å². The van der Waals surface area contributed by atoms with Crippen molar-refractivity contribution in [2.24, 2.45) is 4.99 Å². The van der Waals surface area contributed by atoms with Crippen LogP contribution in [0, 0.1) is 5.41 Å². The first-order chi connectivity index (χ1) is 8.52. The van der Waals surface area contributed by atoms with Crippen molar-refractivity contribution in [3.8, 4) is 0 Å². The zero-order chi connectivity index (χ0) is 13.3. The number of nitrogens with two attached hydrogens (primary N) is 2. The largest absolute Gasteiger partial charge is 0.425 e. The third kappa shape index (κ3) is 1.91. The van der Waals surface area contributed by atoms with E-state index < -0.39 is 5.49 Å². The molecule has 2 heterocycles. The van der Waals surface area contributed by atoms with Crippen molar-refractivity contribution in [1.29, 1.82) is 5.41 Å². The Labute approximate surface area is 105 Å². The molecule has 0 aliphatic heterocycles. The van der Waals surface area contributed by atoms with Crippen LogP contribution in [0.4, 0.5) is 11.6 Å². The van der Waals surface area contributed by atoms with E-state index in [1.54, 1.807) is 0 Å². The molecule has 0 unspecified atom stereocenters. The van der Waals surface area contributed by atoms with Crippen molar-refractivity contribution < 1.29 is 10.4 Å². The standard InChI is InChI=1S/C9H12N6O2S/c10-6-7(11)15(17)9(8(12)14(6)16)13-4-5-2-1-3-18-5/h1-3,12,16-17H,4,10-11H2. The lowest BCUT2D eigenvalue weighted by Gasteiger charge is -2.09. The highest BCUT2D eigenvalue weighted by Gasteiger charge is 2.09. The molecule has 0 aliphatic rings. The number of nitrogens with one attached hydrogen (secondary N) is 1. The SMILES string of the molecule is N=c1c(=NCc2cccs2)n(O)c(N)c(N)n1O. The molecule has 8 nitrogen and oxygen atoms in total. The van der Waals surface area contributed by atoms with Crippen molar-refractivity contribution in [3.05, 3.63) is 33.4 Å². The van der Waals surface area contributed by atoms with Gasteiger partial charge in [0.15, 0.2) is 11.6 Å². The third-order valence-corrected chi connectivity index (χ3v) is 3.17. The smallest absolute Gasteiger partial charge is 0.212 e. The van der Waals surface area contributed by atoms with Crippen LogP contribution in [0.3, 0.4) is 0 Å². The van der Waals surface area contributed by atoms with Crippen LogP contribution in [0.25, 0.3) is 0 Å². The van der Waals surface area contributed by atoms with E-state index in [2.05, 4.69) is 4.99 Å². The zero-order valence-corrected chi connectivity index (χ0v) is 10.1. The summed E-state index contributed by atoms with van der Waals surface area (Å²) in [7, 11) is 0. The highest BCUT2D eigenvalue weighted by atomic mass is 32.1. The van der Waals surface area contributed by atoms with Crippen LogP contribution in [0.2, 0.25) is 0 Å². The molecule has 9 heteroatoms.